The van der Waals surface area contributed by atoms with Crippen LogP contribution < -0.4 is 0 Å². The molecule has 0 fully saturated rings. The smallest absolute Gasteiger partial charge is 0.000473 e. The predicted octanol–water partition coefficient (Wildman–Crippen LogP) is 4.81. The van der Waals surface area contributed by atoms with E-state index in [0.717, 1.165) is 5.92 Å². The molecule has 0 rings (SSSR count). The highest BCUT2D eigenvalue weighted by Crippen LogP contribution is 2.20. The highest BCUT2D eigenvalue weighted by atomic mass is 127. The number of hydrogen-bond donors (Lipinski definition) is 0. The van der Waals surface area contributed by atoms with E-state index in [1.807, 2.05) is 0 Å². The summed E-state index contributed by atoms with van der Waals surface area (Å²) in [6, 6.07) is 0. The lowest BCUT2D eigenvalue weighted by molar-refractivity contribution is 0.399. The van der Waals surface area contributed by atoms with Gasteiger partial charge in [-0.25, -0.2) is 0 Å². The summed E-state index contributed by atoms with van der Waals surface area (Å²) in [7, 11) is 0. The van der Waals surface area contributed by atoms with Crippen LogP contribution in [0.2, 0.25) is 0 Å². The Bertz CT molecular complexity index is 75.1. The van der Waals surface area contributed by atoms with Gasteiger partial charge < -0.3 is 0 Å². The zero-order chi connectivity index (χ0) is 9.23. The molecule has 0 aromatic heterocycles. The third kappa shape index (κ3) is 7.38. The molecule has 0 saturated heterocycles. The molecule has 0 aliphatic carbocycles. The molecule has 0 radical (unpaired) electrons. The van der Waals surface area contributed by atoms with Crippen molar-refractivity contribution in [2.24, 2.45) is 5.92 Å². The van der Waals surface area contributed by atoms with E-state index in [1.54, 1.807) is 0 Å². The van der Waals surface area contributed by atoms with Gasteiger partial charge in [0.25, 0.3) is 0 Å². The summed E-state index contributed by atoms with van der Waals surface area (Å²) in [5, 5.41) is 0. The van der Waals surface area contributed by atoms with Gasteiger partial charge in [0.1, 0.15) is 0 Å². The van der Waals surface area contributed by atoms with E-state index in [-0.39, 0.29) is 0 Å². The van der Waals surface area contributed by atoms with Crippen LogP contribution in [-0.2, 0) is 0 Å². The molecular formula is C11H23I. The molecule has 0 atom stereocenters. The molecule has 0 bridgehead atoms. The van der Waals surface area contributed by atoms with Gasteiger partial charge in [0.15, 0.2) is 0 Å². The molecule has 0 aliphatic rings. The molecule has 12 heavy (non-hydrogen) atoms. The number of alkyl halides is 1. The van der Waals surface area contributed by atoms with Crippen molar-refractivity contribution < 1.29 is 0 Å². The summed E-state index contributed by atoms with van der Waals surface area (Å²) < 4.78 is 1.34. The molecule has 0 amide bonds. The second kappa shape index (κ2) is 9.82. The maximum absolute atomic E-state index is 2.48. The molecule has 0 heterocycles. The van der Waals surface area contributed by atoms with E-state index in [4.69, 9.17) is 0 Å². The maximum Gasteiger partial charge on any atom is -0.000473 e. The summed E-state index contributed by atoms with van der Waals surface area (Å²) in [4.78, 5) is 0. The Balaban J connectivity index is 3.34. The van der Waals surface area contributed by atoms with Crippen molar-refractivity contribution in [1.82, 2.24) is 0 Å². The zero-order valence-corrected chi connectivity index (χ0v) is 10.8. The lowest BCUT2D eigenvalue weighted by Crippen LogP contribution is -1.99. The summed E-state index contributed by atoms with van der Waals surface area (Å²) in [5.41, 5.74) is 0. The van der Waals surface area contributed by atoms with Gasteiger partial charge in [0.2, 0.25) is 0 Å². The molecule has 0 aromatic rings. The first kappa shape index (κ1) is 12.7. The van der Waals surface area contributed by atoms with E-state index in [2.05, 4.69) is 36.4 Å². The topological polar surface area (TPSA) is 0 Å². The van der Waals surface area contributed by atoms with Crippen LogP contribution in [0.25, 0.3) is 0 Å². The summed E-state index contributed by atoms with van der Waals surface area (Å²) in [6.45, 7) is 4.61. The van der Waals surface area contributed by atoms with Crippen molar-refractivity contribution in [3.05, 3.63) is 0 Å². The fraction of sp³-hybridized carbons (Fsp3) is 1.00. The van der Waals surface area contributed by atoms with Gasteiger partial charge in [-0.15, -0.1) is 0 Å². The molecule has 0 nitrogen and oxygen atoms in total. The highest BCUT2D eigenvalue weighted by molar-refractivity contribution is 14.1. The molecular weight excluding hydrogens is 259 g/mol. The molecule has 0 aromatic carbocycles. The van der Waals surface area contributed by atoms with Gasteiger partial charge in [0, 0.05) is 0 Å². The van der Waals surface area contributed by atoms with Crippen LogP contribution >= 0.6 is 22.6 Å². The highest BCUT2D eigenvalue weighted by Gasteiger charge is 2.05. The molecule has 0 saturated carbocycles. The Kier molecular flexibility index (Phi) is 10.4. The predicted molar refractivity (Wildman–Crippen MR) is 66.0 cm³/mol. The third-order valence-electron chi connectivity index (χ3n) is 2.39. The Morgan fingerprint density at radius 2 is 1.50 bits per heavy atom. The fourth-order valence-electron chi connectivity index (χ4n) is 1.78. The Hall–Kier alpha value is 0.730. The minimum atomic E-state index is 1.03. The average Bonchev–Trinajstić information content (AvgIpc) is 2.06. The van der Waals surface area contributed by atoms with Crippen LogP contribution in [0, 0.1) is 5.92 Å². The van der Waals surface area contributed by atoms with Crippen LogP contribution in [-0.4, -0.2) is 4.43 Å². The fourth-order valence-corrected chi connectivity index (χ4v) is 2.32. The Morgan fingerprint density at radius 1 is 0.917 bits per heavy atom. The summed E-state index contributed by atoms with van der Waals surface area (Å²) >= 11 is 2.48. The molecule has 1 heteroatoms. The monoisotopic (exact) mass is 282 g/mol. The maximum atomic E-state index is 2.48. The minimum absolute atomic E-state index is 1.03. The second-order valence-electron chi connectivity index (χ2n) is 3.63. The van der Waals surface area contributed by atoms with E-state index in [9.17, 15) is 0 Å². The number of hydrogen-bond acceptors (Lipinski definition) is 0. The van der Waals surface area contributed by atoms with E-state index in [1.165, 1.54) is 49.4 Å². The largest absolute Gasteiger partial charge is 0.0864 e. The number of rotatable bonds is 8. The van der Waals surface area contributed by atoms with Crippen LogP contribution in [0.4, 0.5) is 0 Å². The van der Waals surface area contributed by atoms with Crippen LogP contribution in [0.15, 0.2) is 0 Å². The van der Waals surface area contributed by atoms with Crippen molar-refractivity contribution in [2.75, 3.05) is 4.43 Å². The quantitative estimate of drug-likeness (QED) is 0.340. The van der Waals surface area contributed by atoms with E-state index < -0.39 is 0 Å². The van der Waals surface area contributed by atoms with Gasteiger partial charge in [-0.1, -0.05) is 75.0 Å². The van der Waals surface area contributed by atoms with Crippen LogP contribution in [0.3, 0.4) is 0 Å². The lowest BCUT2D eigenvalue weighted by Gasteiger charge is -2.14. The summed E-state index contributed by atoms with van der Waals surface area (Å²) in [5.74, 6) is 1.03. The van der Waals surface area contributed by atoms with Gasteiger partial charge in [-0.05, 0) is 16.8 Å². The number of halogens is 1. The molecule has 0 aliphatic heterocycles. The zero-order valence-electron chi connectivity index (χ0n) is 8.61. The van der Waals surface area contributed by atoms with E-state index >= 15 is 0 Å². The molecule has 0 N–H and O–H groups in total. The van der Waals surface area contributed by atoms with Crippen molar-refractivity contribution >= 4 is 22.6 Å². The first-order valence-electron chi connectivity index (χ1n) is 5.41. The van der Waals surface area contributed by atoms with Gasteiger partial charge >= 0.3 is 0 Å². The van der Waals surface area contributed by atoms with Gasteiger partial charge in [-0.3, -0.25) is 0 Å². The molecule has 0 unspecified atom stereocenters. The Morgan fingerprint density at radius 3 is 1.92 bits per heavy atom. The Labute approximate surface area is 91.7 Å². The van der Waals surface area contributed by atoms with Crippen LogP contribution in [0.5, 0.6) is 0 Å². The normalized spacial score (nSPS) is 11.0. The van der Waals surface area contributed by atoms with Crippen molar-refractivity contribution in [3.8, 4) is 0 Å². The first-order chi connectivity index (χ1) is 5.85. The average molecular weight is 282 g/mol. The molecule has 0 spiro atoms. The van der Waals surface area contributed by atoms with Crippen LogP contribution in [0.1, 0.15) is 58.8 Å². The van der Waals surface area contributed by atoms with Gasteiger partial charge in [0.05, 0.1) is 0 Å². The first-order valence-corrected chi connectivity index (χ1v) is 6.93. The lowest BCUT2D eigenvalue weighted by atomic mass is 9.93. The summed E-state index contributed by atoms with van der Waals surface area (Å²) in [6.07, 6.45) is 10.00. The second-order valence-corrected chi connectivity index (χ2v) is 4.71. The van der Waals surface area contributed by atoms with E-state index in [0.29, 0.717) is 0 Å². The third-order valence-corrected chi connectivity index (χ3v) is 3.15. The molecule has 74 valence electrons. The van der Waals surface area contributed by atoms with Crippen molar-refractivity contribution in [1.29, 1.82) is 0 Å². The van der Waals surface area contributed by atoms with Crippen molar-refractivity contribution in [3.63, 3.8) is 0 Å². The SMILES string of the molecule is CCCC(CCC)CCCCI. The van der Waals surface area contributed by atoms with Gasteiger partial charge in [-0.2, -0.15) is 0 Å². The minimum Gasteiger partial charge on any atom is -0.0864 e. The van der Waals surface area contributed by atoms with Crippen molar-refractivity contribution in [2.45, 2.75) is 58.8 Å². The standard InChI is InChI=1S/C11H23I/c1-3-7-11(8-4-2)9-5-6-10-12/h11H,3-10H2,1-2H3. The number of unbranched alkanes of at least 4 members (excludes halogenated alkanes) is 1.